The van der Waals surface area contributed by atoms with Crippen LogP contribution in [-0.4, -0.2) is 32.8 Å². The first-order valence-electron chi connectivity index (χ1n) is 8.95. The number of nitrogens with zero attached hydrogens (tertiary/aromatic N) is 5. The fourth-order valence-corrected chi connectivity index (χ4v) is 3.36. The molecule has 7 nitrogen and oxygen atoms in total. The maximum absolute atomic E-state index is 13.3. The van der Waals surface area contributed by atoms with Crippen LogP contribution in [-0.2, 0) is 6.54 Å². The summed E-state index contributed by atoms with van der Waals surface area (Å²) < 4.78 is 20.5. The molecule has 4 heterocycles. The number of hydrogen-bond acceptors (Lipinski definition) is 6. The lowest BCUT2D eigenvalue weighted by Gasteiger charge is -2.37. The van der Waals surface area contributed by atoms with Crippen LogP contribution in [0.1, 0.15) is 0 Å². The first kappa shape index (κ1) is 16.6. The van der Waals surface area contributed by atoms with Crippen LogP contribution in [0.2, 0.25) is 0 Å². The number of halogens is 1. The van der Waals surface area contributed by atoms with Gasteiger partial charge >= 0.3 is 0 Å². The van der Waals surface area contributed by atoms with Crippen molar-refractivity contribution >= 4 is 17.1 Å². The second-order valence-corrected chi connectivity index (χ2v) is 6.86. The van der Waals surface area contributed by atoms with E-state index < -0.39 is 0 Å². The number of fused-ring (bicyclic) bond motifs is 1. The fourth-order valence-electron chi connectivity index (χ4n) is 3.36. The van der Waals surface area contributed by atoms with E-state index in [1.165, 1.54) is 22.9 Å². The zero-order chi connectivity index (χ0) is 19.1. The zero-order valence-electron chi connectivity index (χ0n) is 14.8. The molecule has 0 amide bonds. The maximum atomic E-state index is 13.3. The number of rotatable bonds is 4. The maximum Gasteiger partial charge on any atom is 0.298 e. The molecule has 8 heteroatoms. The third-order valence-electron chi connectivity index (χ3n) is 4.82. The van der Waals surface area contributed by atoms with Crippen LogP contribution in [0, 0.1) is 11.7 Å². The van der Waals surface area contributed by atoms with Crippen LogP contribution in [0.4, 0.5) is 10.4 Å². The summed E-state index contributed by atoms with van der Waals surface area (Å²) in [5.74, 6) is -0.0890. The minimum absolute atomic E-state index is 0.136. The molecule has 1 saturated heterocycles. The lowest BCUT2D eigenvalue weighted by molar-refractivity contribution is 0.319. The van der Waals surface area contributed by atoms with Gasteiger partial charge in [-0.15, -0.1) is 0 Å². The van der Waals surface area contributed by atoms with Crippen molar-refractivity contribution in [2.75, 3.05) is 18.0 Å². The van der Waals surface area contributed by atoms with Gasteiger partial charge in [0.25, 0.3) is 11.6 Å². The van der Waals surface area contributed by atoms with Gasteiger partial charge in [0.2, 0.25) is 0 Å². The third kappa shape index (κ3) is 3.02. The van der Waals surface area contributed by atoms with Crippen molar-refractivity contribution in [3.05, 3.63) is 71.0 Å². The Labute approximate surface area is 159 Å². The van der Waals surface area contributed by atoms with E-state index in [0.717, 1.165) is 5.56 Å². The van der Waals surface area contributed by atoms with Gasteiger partial charge in [0, 0.05) is 49.1 Å². The summed E-state index contributed by atoms with van der Waals surface area (Å²) in [5, 5.41) is 4.47. The Hall–Kier alpha value is -3.55. The molecule has 0 N–H and O–H groups in total. The molecule has 0 aliphatic carbocycles. The summed E-state index contributed by atoms with van der Waals surface area (Å²) in [7, 11) is 0. The highest BCUT2D eigenvalue weighted by atomic mass is 19.1. The van der Waals surface area contributed by atoms with Gasteiger partial charge in [-0.25, -0.2) is 9.07 Å². The normalized spacial score (nSPS) is 14.4. The van der Waals surface area contributed by atoms with E-state index in [2.05, 4.69) is 15.1 Å². The molecule has 0 atom stereocenters. The summed E-state index contributed by atoms with van der Waals surface area (Å²) >= 11 is 0. The summed E-state index contributed by atoms with van der Waals surface area (Å²) in [4.78, 5) is 22.6. The first-order valence-corrected chi connectivity index (χ1v) is 8.95. The molecule has 28 heavy (non-hydrogen) atoms. The topological polar surface area (TPSA) is 77.1 Å². The van der Waals surface area contributed by atoms with Crippen molar-refractivity contribution in [3.8, 4) is 11.3 Å². The van der Waals surface area contributed by atoms with Crippen LogP contribution in [0.25, 0.3) is 22.4 Å². The van der Waals surface area contributed by atoms with Gasteiger partial charge in [-0.2, -0.15) is 10.1 Å². The molecule has 3 aromatic heterocycles. The number of hydrogen-bond donors (Lipinski definition) is 0. The molecular formula is C20H16FN5O2. The Morgan fingerprint density at radius 2 is 2.07 bits per heavy atom. The Kier molecular flexibility index (Phi) is 3.89. The van der Waals surface area contributed by atoms with E-state index in [9.17, 15) is 9.18 Å². The minimum Gasteiger partial charge on any atom is -0.423 e. The predicted octanol–water partition coefficient (Wildman–Crippen LogP) is 2.72. The van der Waals surface area contributed by atoms with Crippen LogP contribution in [0.3, 0.4) is 0 Å². The molecule has 0 unspecified atom stereocenters. The Morgan fingerprint density at radius 1 is 1.18 bits per heavy atom. The van der Waals surface area contributed by atoms with E-state index in [-0.39, 0.29) is 17.3 Å². The first-order chi connectivity index (χ1) is 13.7. The van der Waals surface area contributed by atoms with Crippen LogP contribution >= 0.6 is 0 Å². The number of anilines is 1. The van der Waals surface area contributed by atoms with E-state index in [1.54, 1.807) is 24.5 Å². The molecule has 0 spiro atoms. The Morgan fingerprint density at radius 3 is 2.89 bits per heavy atom. The van der Waals surface area contributed by atoms with Crippen molar-refractivity contribution in [2.45, 2.75) is 6.54 Å². The van der Waals surface area contributed by atoms with Gasteiger partial charge in [0.15, 0.2) is 5.58 Å². The van der Waals surface area contributed by atoms with Crippen molar-refractivity contribution in [3.63, 3.8) is 0 Å². The van der Waals surface area contributed by atoms with Crippen molar-refractivity contribution in [1.29, 1.82) is 0 Å². The van der Waals surface area contributed by atoms with Crippen molar-refractivity contribution < 1.29 is 8.81 Å². The largest absolute Gasteiger partial charge is 0.423 e. The number of oxazole rings is 1. The van der Waals surface area contributed by atoms with Crippen LogP contribution < -0.4 is 10.5 Å². The SMILES string of the molecule is O=c1ccc(-c2cccnc2)nn1CC1CN(c2nc3cc(F)ccc3o2)C1. The summed E-state index contributed by atoms with van der Waals surface area (Å²) in [6.07, 6.45) is 3.42. The van der Waals surface area contributed by atoms with Gasteiger partial charge in [-0.3, -0.25) is 9.78 Å². The van der Waals surface area contributed by atoms with Gasteiger partial charge < -0.3 is 9.32 Å². The Balaban J connectivity index is 1.30. The van der Waals surface area contributed by atoms with Crippen molar-refractivity contribution in [2.24, 2.45) is 5.92 Å². The molecule has 1 fully saturated rings. The summed E-state index contributed by atoms with van der Waals surface area (Å²) in [6.45, 7) is 1.90. The lowest BCUT2D eigenvalue weighted by atomic mass is 10.0. The molecule has 1 aromatic carbocycles. The van der Waals surface area contributed by atoms with E-state index >= 15 is 0 Å². The highest BCUT2D eigenvalue weighted by Crippen LogP contribution is 2.28. The molecule has 0 saturated carbocycles. The quantitative estimate of drug-likeness (QED) is 0.544. The van der Waals surface area contributed by atoms with Gasteiger partial charge in [0.05, 0.1) is 12.2 Å². The highest BCUT2D eigenvalue weighted by Gasteiger charge is 2.31. The average Bonchev–Trinajstić information content (AvgIpc) is 3.08. The molecule has 140 valence electrons. The molecule has 0 radical (unpaired) electrons. The van der Waals surface area contributed by atoms with Crippen molar-refractivity contribution in [1.82, 2.24) is 19.7 Å². The monoisotopic (exact) mass is 377 g/mol. The fraction of sp³-hybridized carbons (Fsp3) is 0.200. The molecule has 4 aromatic rings. The highest BCUT2D eigenvalue weighted by molar-refractivity contribution is 5.74. The van der Waals surface area contributed by atoms with E-state index in [1.807, 2.05) is 17.0 Å². The van der Waals surface area contributed by atoms with Crippen LogP contribution in [0.15, 0.2) is 64.1 Å². The molecule has 5 rings (SSSR count). The Bertz CT molecular complexity index is 1200. The third-order valence-corrected chi connectivity index (χ3v) is 4.82. The average molecular weight is 377 g/mol. The van der Waals surface area contributed by atoms with Gasteiger partial charge in [0.1, 0.15) is 11.3 Å². The standard InChI is InChI=1S/C20H16FN5O2/c21-15-3-5-18-17(8-15)23-20(28-18)25-10-13(11-25)12-26-19(27)6-4-16(24-26)14-2-1-7-22-9-14/h1-9,13H,10-12H2. The van der Waals surface area contributed by atoms with E-state index in [4.69, 9.17) is 4.42 Å². The summed E-state index contributed by atoms with van der Waals surface area (Å²) in [6, 6.07) is 11.7. The number of aromatic nitrogens is 4. The molecule has 0 bridgehead atoms. The second-order valence-electron chi connectivity index (χ2n) is 6.86. The van der Waals surface area contributed by atoms with E-state index in [0.29, 0.717) is 42.4 Å². The van der Waals surface area contributed by atoms with Crippen LogP contribution in [0.5, 0.6) is 0 Å². The minimum atomic E-state index is -0.340. The molecular weight excluding hydrogens is 361 g/mol. The smallest absolute Gasteiger partial charge is 0.298 e. The predicted molar refractivity (Wildman–Crippen MR) is 101 cm³/mol. The zero-order valence-corrected chi connectivity index (χ0v) is 14.8. The molecule has 1 aliphatic rings. The number of pyridine rings is 1. The van der Waals surface area contributed by atoms with Gasteiger partial charge in [-0.05, 0) is 30.3 Å². The second kappa shape index (κ2) is 6.56. The molecule has 1 aliphatic heterocycles. The lowest BCUT2D eigenvalue weighted by Crippen LogP contribution is -2.49. The number of benzene rings is 1. The summed E-state index contributed by atoms with van der Waals surface area (Å²) in [5.41, 5.74) is 2.50. The van der Waals surface area contributed by atoms with Gasteiger partial charge in [-0.1, -0.05) is 0 Å².